The second kappa shape index (κ2) is 3.80. The predicted molar refractivity (Wildman–Crippen MR) is 57.4 cm³/mol. The molecule has 0 bridgehead atoms. The van der Waals surface area contributed by atoms with Crippen molar-refractivity contribution in [2.45, 2.75) is 32.4 Å². The SMILES string of the molecule is CN1CCOC(CNC2CC2(C)C)C1. The van der Waals surface area contributed by atoms with E-state index in [9.17, 15) is 0 Å². The summed E-state index contributed by atoms with van der Waals surface area (Å²) in [6, 6.07) is 0.721. The van der Waals surface area contributed by atoms with Crippen LogP contribution in [0.25, 0.3) is 0 Å². The Balaban J connectivity index is 1.66. The lowest BCUT2D eigenvalue weighted by atomic mass is 10.2. The first-order chi connectivity index (χ1) is 6.58. The first-order valence-corrected chi connectivity index (χ1v) is 5.61. The van der Waals surface area contributed by atoms with E-state index in [-0.39, 0.29) is 0 Å². The van der Waals surface area contributed by atoms with Crippen molar-refractivity contribution in [3.63, 3.8) is 0 Å². The van der Waals surface area contributed by atoms with Crippen LogP contribution >= 0.6 is 0 Å². The van der Waals surface area contributed by atoms with Crippen molar-refractivity contribution < 1.29 is 4.74 Å². The molecule has 2 unspecified atom stereocenters. The van der Waals surface area contributed by atoms with Crippen molar-refractivity contribution in [3.05, 3.63) is 0 Å². The van der Waals surface area contributed by atoms with E-state index in [4.69, 9.17) is 4.74 Å². The Bertz CT molecular complexity index is 205. The van der Waals surface area contributed by atoms with Crippen LogP contribution in [-0.2, 0) is 4.74 Å². The molecule has 1 saturated heterocycles. The van der Waals surface area contributed by atoms with Crippen LogP contribution in [0.15, 0.2) is 0 Å². The highest BCUT2D eigenvalue weighted by Crippen LogP contribution is 2.44. The standard InChI is InChI=1S/C11H22N2O/c1-11(2)6-10(11)12-7-9-8-13(3)4-5-14-9/h9-10,12H,4-8H2,1-3H3. The molecular weight excluding hydrogens is 176 g/mol. The minimum Gasteiger partial charge on any atom is -0.374 e. The van der Waals surface area contributed by atoms with Crippen LogP contribution in [0.5, 0.6) is 0 Å². The minimum atomic E-state index is 0.394. The number of rotatable bonds is 3. The molecule has 14 heavy (non-hydrogen) atoms. The summed E-state index contributed by atoms with van der Waals surface area (Å²) >= 11 is 0. The molecule has 0 amide bonds. The van der Waals surface area contributed by atoms with Gasteiger partial charge in [0.25, 0.3) is 0 Å². The van der Waals surface area contributed by atoms with Crippen molar-refractivity contribution in [3.8, 4) is 0 Å². The van der Waals surface area contributed by atoms with Gasteiger partial charge < -0.3 is 15.0 Å². The summed E-state index contributed by atoms with van der Waals surface area (Å²) in [6.07, 6.45) is 1.71. The van der Waals surface area contributed by atoms with E-state index < -0.39 is 0 Å². The number of hydrogen-bond acceptors (Lipinski definition) is 3. The molecule has 0 aromatic carbocycles. The Kier molecular flexibility index (Phi) is 2.82. The maximum absolute atomic E-state index is 5.69. The van der Waals surface area contributed by atoms with E-state index in [1.807, 2.05) is 0 Å². The van der Waals surface area contributed by atoms with Crippen molar-refractivity contribution >= 4 is 0 Å². The summed E-state index contributed by atoms with van der Waals surface area (Å²) < 4.78 is 5.69. The molecule has 0 spiro atoms. The van der Waals surface area contributed by atoms with Gasteiger partial charge in [-0.15, -0.1) is 0 Å². The number of morpholine rings is 1. The molecule has 2 rings (SSSR count). The van der Waals surface area contributed by atoms with Crippen molar-refractivity contribution in [2.75, 3.05) is 33.3 Å². The van der Waals surface area contributed by atoms with Crippen LogP contribution in [0.2, 0.25) is 0 Å². The van der Waals surface area contributed by atoms with Gasteiger partial charge in [-0.05, 0) is 18.9 Å². The molecule has 2 atom stereocenters. The first kappa shape index (κ1) is 10.4. The summed E-state index contributed by atoms with van der Waals surface area (Å²) in [5, 5.41) is 3.59. The van der Waals surface area contributed by atoms with Gasteiger partial charge in [-0.3, -0.25) is 0 Å². The summed E-state index contributed by atoms with van der Waals surface area (Å²) in [6.45, 7) is 8.68. The highest BCUT2D eigenvalue weighted by Gasteiger charge is 2.45. The third kappa shape index (κ3) is 2.47. The molecule has 1 aliphatic heterocycles. The maximum Gasteiger partial charge on any atom is 0.0826 e. The average Bonchev–Trinajstić information content (AvgIpc) is 2.71. The number of hydrogen-bond donors (Lipinski definition) is 1. The third-order valence-corrected chi connectivity index (χ3v) is 3.45. The molecule has 1 heterocycles. The maximum atomic E-state index is 5.69. The number of likely N-dealkylation sites (N-methyl/N-ethyl adjacent to an activating group) is 1. The number of nitrogens with zero attached hydrogens (tertiary/aromatic N) is 1. The highest BCUT2D eigenvalue weighted by molar-refractivity contribution is 5.01. The zero-order chi connectivity index (χ0) is 10.2. The van der Waals surface area contributed by atoms with Crippen LogP contribution in [0.1, 0.15) is 20.3 Å². The van der Waals surface area contributed by atoms with Gasteiger partial charge >= 0.3 is 0 Å². The van der Waals surface area contributed by atoms with E-state index in [0.717, 1.165) is 32.3 Å². The zero-order valence-electron chi connectivity index (χ0n) is 9.55. The predicted octanol–water partition coefficient (Wildman–Crippen LogP) is 0.705. The van der Waals surface area contributed by atoms with E-state index >= 15 is 0 Å². The lowest BCUT2D eigenvalue weighted by Crippen LogP contribution is -2.45. The van der Waals surface area contributed by atoms with Crippen molar-refractivity contribution in [1.82, 2.24) is 10.2 Å². The summed E-state index contributed by atoms with van der Waals surface area (Å²) in [5.41, 5.74) is 0.528. The van der Waals surface area contributed by atoms with Crippen molar-refractivity contribution in [2.24, 2.45) is 5.41 Å². The number of ether oxygens (including phenoxy) is 1. The van der Waals surface area contributed by atoms with Gasteiger partial charge in [0.05, 0.1) is 12.7 Å². The van der Waals surface area contributed by atoms with Gasteiger partial charge in [0.2, 0.25) is 0 Å². The Labute approximate surface area is 86.8 Å². The van der Waals surface area contributed by atoms with E-state index in [0.29, 0.717) is 11.5 Å². The molecule has 0 radical (unpaired) electrons. The van der Waals surface area contributed by atoms with Gasteiger partial charge in [0, 0.05) is 25.7 Å². The van der Waals surface area contributed by atoms with E-state index in [1.165, 1.54) is 6.42 Å². The highest BCUT2D eigenvalue weighted by atomic mass is 16.5. The molecule has 2 fully saturated rings. The Morgan fingerprint density at radius 2 is 2.21 bits per heavy atom. The summed E-state index contributed by atoms with van der Waals surface area (Å²) in [5.74, 6) is 0. The van der Waals surface area contributed by atoms with Gasteiger partial charge in [-0.25, -0.2) is 0 Å². The fourth-order valence-corrected chi connectivity index (χ4v) is 2.08. The Morgan fingerprint density at radius 1 is 1.50 bits per heavy atom. The fourth-order valence-electron chi connectivity index (χ4n) is 2.08. The normalized spacial score (nSPS) is 37.1. The monoisotopic (exact) mass is 198 g/mol. The number of nitrogens with one attached hydrogen (secondary N) is 1. The lowest BCUT2D eigenvalue weighted by Gasteiger charge is -2.30. The first-order valence-electron chi connectivity index (χ1n) is 5.61. The molecule has 1 saturated carbocycles. The smallest absolute Gasteiger partial charge is 0.0826 e. The van der Waals surface area contributed by atoms with Crippen LogP contribution in [-0.4, -0.2) is 50.3 Å². The molecule has 1 aliphatic carbocycles. The van der Waals surface area contributed by atoms with Crippen LogP contribution in [0.3, 0.4) is 0 Å². The Morgan fingerprint density at radius 3 is 2.79 bits per heavy atom. The zero-order valence-corrected chi connectivity index (χ0v) is 9.55. The van der Waals surface area contributed by atoms with E-state index in [2.05, 4.69) is 31.1 Å². The van der Waals surface area contributed by atoms with Gasteiger partial charge in [0.1, 0.15) is 0 Å². The quantitative estimate of drug-likeness (QED) is 0.722. The largest absolute Gasteiger partial charge is 0.374 e. The Hall–Kier alpha value is -0.120. The lowest BCUT2D eigenvalue weighted by molar-refractivity contribution is -0.0185. The molecule has 0 aromatic heterocycles. The van der Waals surface area contributed by atoms with Crippen molar-refractivity contribution in [1.29, 1.82) is 0 Å². The molecule has 82 valence electrons. The molecule has 3 nitrogen and oxygen atoms in total. The molecule has 1 N–H and O–H groups in total. The van der Waals surface area contributed by atoms with E-state index in [1.54, 1.807) is 0 Å². The van der Waals surface area contributed by atoms with Gasteiger partial charge in [-0.1, -0.05) is 13.8 Å². The van der Waals surface area contributed by atoms with Gasteiger partial charge in [0.15, 0.2) is 0 Å². The second-order valence-corrected chi connectivity index (χ2v) is 5.41. The molecule has 3 heteroatoms. The average molecular weight is 198 g/mol. The third-order valence-electron chi connectivity index (χ3n) is 3.45. The topological polar surface area (TPSA) is 24.5 Å². The second-order valence-electron chi connectivity index (χ2n) is 5.41. The van der Waals surface area contributed by atoms with Crippen LogP contribution in [0, 0.1) is 5.41 Å². The van der Waals surface area contributed by atoms with Crippen LogP contribution in [0.4, 0.5) is 0 Å². The summed E-state index contributed by atoms with van der Waals surface area (Å²) in [4.78, 5) is 2.34. The fraction of sp³-hybridized carbons (Fsp3) is 1.00. The molecule has 0 aromatic rings. The van der Waals surface area contributed by atoms with Crippen LogP contribution < -0.4 is 5.32 Å². The van der Waals surface area contributed by atoms with Gasteiger partial charge in [-0.2, -0.15) is 0 Å². The molecular formula is C11H22N2O. The molecule has 2 aliphatic rings. The minimum absolute atomic E-state index is 0.394. The summed E-state index contributed by atoms with van der Waals surface area (Å²) in [7, 11) is 2.16.